The van der Waals surface area contributed by atoms with Crippen LogP contribution < -0.4 is 5.32 Å². The van der Waals surface area contributed by atoms with Crippen molar-refractivity contribution in [1.82, 2.24) is 5.32 Å². The topological polar surface area (TPSA) is 49.3 Å². The molecule has 0 aromatic carbocycles. The molecule has 156 valence electrons. The molecule has 0 rings (SSSR count). The molecule has 0 aliphatic carbocycles. The van der Waals surface area contributed by atoms with Crippen molar-refractivity contribution >= 4 is 5.91 Å². The van der Waals surface area contributed by atoms with Crippen molar-refractivity contribution in [3.05, 3.63) is 0 Å². The van der Waals surface area contributed by atoms with Gasteiger partial charge >= 0.3 is 0 Å². The Morgan fingerprint density at radius 1 is 0.769 bits per heavy atom. The molecule has 1 unspecified atom stereocenters. The normalized spacial score (nSPS) is 13.0. The van der Waals surface area contributed by atoms with Crippen LogP contribution >= 0.6 is 0 Å². The van der Waals surface area contributed by atoms with Crippen LogP contribution in [0.4, 0.5) is 0 Å². The predicted octanol–water partition coefficient (Wildman–Crippen LogP) is 6.18. The maximum Gasteiger partial charge on any atom is 0.224 e. The van der Waals surface area contributed by atoms with Gasteiger partial charge in [-0.15, -0.1) is 0 Å². The number of rotatable bonds is 18. The summed E-state index contributed by atoms with van der Waals surface area (Å²) in [5.74, 6) is 0.0486. The number of carbonyl (C=O) groups is 1. The van der Waals surface area contributed by atoms with E-state index in [1.54, 1.807) is 14.1 Å². The molecule has 0 aliphatic rings. The van der Waals surface area contributed by atoms with Crippen molar-refractivity contribution in [2.24, 2.45) is 0 Å². The minimum absolute atomic E-state index is 0.0486. The van der Waals surface area contributed by atoms with Gasteiger partial charge in [-0.3, -0.25) is 4.79 Å². The van der Waals surface area contributed by atoms with Crippen molar-refractivity contribution in [2.75, 3.05) is 14.1 Å². The van der Waals surface area contributed by atoms with E-state index in [1.165, 1.54) is 83.5 Å². The molecule has 1 atom stereocenters. The van der Waals surface area contributed by atoms with Crippen LogP contribution in [0.5, 0.6) is 0 Å². The Bertz CT molecular complexity index is 327. The molecule has 0 fully saturated rings. The van der Waals surface area contributed by atoms with Crippen LogP contribution in [0.25, 0.3) is 0 Å². The number of quaternary nitrogens is 1. The van der Waals surface area contributed by atoms with Gasteiger partial charge < -0.3 is 5.32 Å². The lowest BCUT2D eigenvalue weighted by Gasteiger charge is -2.27. The molecule has 0 bridgehead atoms. The molecule has 0 aromatic rings. The third-order valence-electron chi connectivity index (χ3n) is 5.33. The number of hydrogen-bond acceptors (Lipinski definition) is 2. The van der Waals surface area contributed by atoms with Gasteiger partial charge in [-0.25, -0.2) is 5.21 Å². The van der Waals surface area contributed by atoms with Crippen molar-refractivity contribution < 1.29 is 14.6 Å². The maximum atomic E-state index is 11.8. The molecule has 0 aliphatic heterocycles. The molecule has 0 saturated heterocycles. The summed E-state index contributed by atoms with van der Waals surface area (Å²) in [6, 6.07) is 0. The second-order valence-corrected chi connectivity index (χ2v) is 8.42. The standard InChI is InChI=1S/C22H46N2O2/c1-5-6-7-8-9-10-11-12-13-14-15-16-17-18-19-20-22(25)23-21(2)24(3,4)26/h21,26H,5-20H2,1-4H3/p+1. The molecule has 4 nitrogen and oxygen atoms in total. The fourth-order valence-corrected chi connectivity index (χ4v) is 3.12. The highest BCUT2D eigenvalue weighted by Crippen LogP contribution is 2.13. The molecule has 0 aromatic heterocycles. The quantitative estimate of drug-likeness (QED) is 0.131. The first-order chi connectivity index (χ1) is 12.4. The summed E-state index contributed by atoms with van der Waals surface area (Å²) in [5, 5.41) is 12.6. The zero-order valence-corrected chi connectivity index (χ0v) is 18.2. The second kappa shape index (κ2) is 16.6. The molecular formula is C22H47N2O2+. The van der Waals surface area contributed by atoms with E-state index in [4.69, 9.17) is 0 Å². The summed E-state index contributed by atoms with van der Waals surface area (Å²) in [5.41, 5.74) is 0. The van der Waals surface area contributed by atoms with E-state index in [0.29, 0.717) is 6.42 Å². The SMILES string of the molecule is CCCCCCCCCCCCCCCCCC(=O)NC(C)[N+](C)(C)O. The van der Waals surface area contributed by atoms with Gasteiger partial charge in [0, 0.05) is 13.3 Å². The first-order valence-electron chi connectivity index (χ1n) is 11.2. The van der Waals surface area contributed by atoms with Gasteiger partial charge in [0.15, 0.2) is 6.17 Å². The highest BCUT2D eigenvalue weighted by atomic mass is 16.5. The van der Waals surface area contributed by atoms with Crippen LogP contribution in [0, 0.1) is 0 Å². The van der Waals surface area contributed by atoms with E-state index in [-0.39, 0.29) is 16.7 Å². The molecule has 0 heterocycles. The Balaban J connectivity index is 3.25. The van der Waals surface area contributed by atoms with Crippen LogP contribution in [0.2, 0.25) is 0 Å². The van der Waals surface area contributed by atoms with Crippen molar-refractivity contribution in [2.45, 2.75) is 123 Å². The average Bonchev–Trinajstić information content (AvgIpc) is 2.57. The average molecular weight is 372 g/mol. The van der Waals surface area contributed by atoms with Crippen LogP contribution in [0.15, 0.2) is 0 Å². The van der Waals surface area contributed by atoms with E-state index >= 15 is 0 Å². The van der Waals surface area contributed by atoms with E-state index < -0.39 is 0 Å². The first-order valence-corrected chi connectivity index (χ1v) is 11.2. The van der Waals surface area contributed by atoms with Crippen LogP contribution in [-0.2, 0) is 4.79 Å². The first kappa shape index (κ1) is 25.4. The molecule has 4 heteroatoms. The summed E-state index contributed by atoms with van der Waals surface area (Å²) in [7, 11) is 3.33. The number of hydroxylamine groups is 3. The Hall–Kier alpha value is -0.610. The van der Waals surface area contributed by atoms with Crippen molar-refractivity contribution in [1.29, 1.82) is 0 Å². The van der Waals surface area contributed by atoms with Crippen molar-refractivity contribution in [3.8, 4) is 0 Å². The molecule has 0 radical (unpaired) electrons. The number of unbranched alkanes of at least 4 members (excludes halogenated alkanes) is 14. The minimum atomic E-state index is -0.265. The van der Waals surface area contributed by atoms with Gasteiger partial charge in [-0.1, -0.05) is 96.8 Å². The van der Waals surface area contributed by atoms with Crippen LogP contribution in [0.3, 0.4) is 0 Å². The predicted molar refractivity (Wildman–Crippen MR) is 111 cm³/mol. The third-order valence-corrected chi connectivity index (χ3v) is 5.33. The Morgan fingerprint density at radius 2 is 1.12 bits per heavy atom. The number of hydrogen-bond donors (Lipinski definition) is 2. The molecule has 2 N–H and O–H groups in total. The monoisotopic (exact) mass is 371 g/mol. The zero-order chi connectivity index (χ0) is 19.7. The van der Waals surface area contributed by atoms with Gasteiger partial charge in [0.05, 0.1) is 0 Å². The van der Waals surface area contributed by atoms with Gasteiger partial charge in [0.2, 0.25) is 5.91 Å². The Kier molecular flexibility index (Phi) is 16.2. The number of amides is 1. The summed E-state index contributed by atoms with van der Waals surface area (Å²) < 4.78 is -0.232. The molecular weight excluding hydrogens is 324 g/mol. The fourth-order valence-electron chi connectivity index (χ4n) is 3.12. The maximum absolute atomic E-state index is 11.8. The van der Waals surface area contributed by atoms with Gasteiger partial charge in [-0.2, -0.15) is 4.65 Å². The van der Waals surface area contributed by atoms with E-state index in [1.807, 2.05) is 6.92 Å². The highest BCUT2D eigenvalue weighted by Gasteiger charge is 2.22. The largest absolute Gasteiger partial charge is 0.305 e. The smallest absolute Gasteiger partial charge is 0.224 e. The zero-order valence-electron chi connectivity index (χ0n) is 18.2. The van der Waals surface area contributed by atoms with Crippen LogP contribution in [0.1, 0.15) is 117 Å². The third kappa shape index (κ3) is 16.8. The molecule has 0 spiro atoms. The summed E-state index contributed by atoms with van der Waals surface area (Å²) in [4.78, 5) is 11.8. The number of carbonyl (C=O) groups excluding carboxylic acids is 1. The van der Waals surface area contributed by atoms with Crippen LogP contribution in [-0.4, -0.2) is 36.0 Å². The summed E-state index contributed by atoms with van der Waals surface area (Å²) in [6.07, 6.45) is 20.3. The van der Waals surface area contributed by atoms with Crippen molar-refractivity contribution in [3.63, 3.8) is 0 Å². The molecule has 1 amide bonds. The summed E-state index contributed by atoms with van der Waals surface area (Å²) >= 11 is 0. The van der Waals surface area contributed by atoms with Gasteiger partial charge in [0.25, 0.3) is 0 Å². The second-order valence-electron chi connectivity index (χ2n) is 8.42. The summed E-state index contributed by atoms with van der Waals surface area (Å²) in [6.45, 7) is 4.10. The van der Waals surface area contributed by atoms with Gasteiger partial charge in [-0.05, 0) is 6.42 Å². The lowest BCUT2D eigenvalue weighted by atomic mass is 10.0. The Labute approximate surface area is 163 Å². The minimum Gasteiger partial charge on any atom is -0.305 e. The molecule has 0 saturated carbocycles. The number of nitrogens with one attached hydrogen (secondary N) is 1. The van der Waals surface area contributed by atoms with E-state index in [0.717, 1.165) is 12.8 Å². The van der Waals surface area contributed by atoms with E-state index in [9.17, 15) is 10.0 Å². The molecule has 26 heavy (non-hydrogen) atoms. The Morgan fingerprint density at radius 3 is 1.46 bits per heavy atom. The lowest BCUT2D eigenvalue weighted by Crippen LogP contribution is -2.53. The lowest BCUT2D eigenvalue weighted by molar-refractivity contribution is -1.09. The highest BCUT2D eigenvalue weighted by molar-refractivity contribution is 5.75. The fraction of sp³-hybridized carbons (Fsp3) is 0.955. The van der Waals surface area contributed by atoms with Gasteiger partial charge in [0.1, 0.15) is 14.1 Å². The van der Waals surface area contributed by atoms with E-state index in [2.05, 4.69) is 12.2 Å². The number of nitrogens with zero attached hydrogens (tertiary/aromatic N) is 1.